The van der Waals surface area contributed by atoms with Crippen molar-refractivity contribution < 1.29 is 14.3 Å². The topological polar surface area (TPSA) is 55.4 Å². The molecule has 1 aromatic carbocycles. The molecule has 0 radical (unpaired) electrons. The van der Waals surface area contributed by atoms with Crippen molar-refractivity contribution in [3.05, 3.63) is 51.7 Å². The monoisotopic (exact) mass is 303 g/mol. The zero-order valence-electron chi connectivity index (χ0n) is 12.0. The van der Waals surface area contributed by atoms with Crippen LogP contribution in [0.5, 0.6) is 5.75 Å². The van der Waals surface area contributed by atoms with Crippen molar-refractivity contribution in [3.63, 3.8) is 0 Å². The molecule has 2 aromatic rings. The first-order valence-electron chi connectivity index (χ1n) is 6.59. The van der Waals surface area contributed by atoms with Gasteiger partial charge in [0, 0.05) is 10.4 Å². The number of thiophene rings is 1. The maximum Gasteiger partial charge on any atom is 0.258 e. The summed E-state index contributed by atoms with van der Waals surface area (Å²) in [7, 11) is 0. The van der Waals surface area contributed by atoms with Gasteiger partial charge in [-0.1, -0.05) is 12.1 Å². The molecule has 0 atom stereocenters. The van der Waals surface area contributed by atoms with Crippen LogP contribution >= 0.6 is 11.3 Å². The van der Waals surface area contributed by atoms with E-state index in [1.807, 2.05) is 18.4 Å². The SMILES string of the molecule is CC(=O)c1cccc(OCC(=O)NCc2sccc2C)c1. The molecule has 0 unspecified atom stereocenters. The van der Waals surface area contributed by atoms with E-state index in [2.05, 4.69) is 5.32 Å². The number of nitrogens with one attached hydrogen (secondary N) is 1. The number of rotatable bonds is 6. The van der Waals surface area contributed by atoms with Gasteiger partial charge in [0.2, 0.25) is 0 Å². The lowest BCUT2D eigenvalue weighted by molar-refractivity contribution is -0.123. The molecule has 0 aliphatic carbocycles. The van der Waals surface area contributed by atoms with Crippen LogP contribution in [0.4, 0.5) is 0 Å². The Balaban J connectivity index is 1.82. The van der Waals surface area contributed by atoms with E-state index >= 15 is 0 Å². The summed E-state index contributed by atoms with van der Waals surface area (Å²) in [6, 6.07) is 8.84. The third-order valence-electron chi connectivity index (χ3n) is 3.02. The number of amides is 1. The maximum absolute atomic E-state index is 11.7. The van der Waals surface area contributed by atoms with Crippen LogP contribution in [-0.4, -0.2) is 18.3 Å². The smallest absolute Gasteiger partial charge is 0.258 e. The molecule has 1 amide bonds. The molecule has 5 heteroatoms. The highest BCUT2D eigenvalue weighted by Gasteiger charge is 2.06. The van der Waals surface area contributed by atoms with Gasteiger partial charge in [0.25, 0.3) is 5.91 Å². The first-order chi connectivity index (χ1) is 10.1. The Morgan fingerprint density at radius 3 is 2.76 bits per heavy atom. The van der Waals surface area contributed by atoms with Gasteiger partial charge in [-0.2, -0.15) is 0 Å². The van der Waals surface area contributed by atoms with Gasteiger partial charge >= 0.3 is 0 Å². The minimum Gasteiger partial charge on any atom is -0.484 e. The number of ketones is 1. The molecule has 0 saturated heterocycles. The van der Waals surface area contributed by atoms with Crippen LogP contribution in [0, 0.1) is 6.92 Å². The third kappa shape index (κ3) is 4.43. The van der Waals surface area contributed by atoms with Gasteiger partial charge in [0.15, 0.2) is 12.4 Å². The highest BCUT2D eigenvalue weighted by atomic mass is 32.1. The Kier molecular flexibility index (Phi) is 5.11. The summed E-state index contributed by atoms with van der Waals surface area (Å²) >= 11 is 1.62. The minimum atomic E-state index is -0.184. The largest absolute Gasteiger partial charge is 0.484 e. The highest BCUT2D eigenvalue weighted by molar-refractivity contribution is 7.10. The summed E-state index contributed by atoms with van der Waals surface area (Å²) in [5.74, 6) is 0.305. The molecule has 0 aliphatic heterocycles. The van der Waals surface area contributed by atoms with Gasteiger partial charge in [0.1, 0.15) is 5.75 Å². The van der Waals surface area contributed by atoms with E-state index in [9.17, 15) is 9.59 Å². The maximum atomic E-state index is 11.7. The van der Waals surface area contributed by atoms with Crippen LogP contribution < -0.4 is 10.1 Å². The number of ether oxygens (including phenoxy) is 1. The Hall–Kier alpha value is -2.14. The average molecular weight is 303 g/mol. The normalized spacial score (nSPS) is 10.2. The van der Waals surface area contributed by atoms with Crippen LogP contribution in [0.25, 0.3) is 0 Å². The molecule has 0 spiro atoms. The van der Waals surface area contributed by atoms with E-state index in [1.165, 1.54) is 12.5 Å². The van der Waals surface area contributed by atoms with E-state index in [0.29, 0.717) is 17.9 Å². The molecule has 1 aromatic heterocycles. The van der Waals surface area contributed by atoms with E-state index in [-0.39, 0.29) is 18.3 Å². The predicted molar refractivity (Wildman–Crippen MR) is 82.8 cm³/mol. The number of hydrogen-bond acceptors (Lipinski definition) is 4. The Morgan fingerprint density at radius 2 is 2.10 bits per heavy atom. The number of carbonyl (C=O) groups excluding carboxylic acids is 2. The minimum absolute atomic E-state index is 0.0296. The Morgan fingerprint density at radius 1 is 1.29 bits per heavy atom. The summed E-state index contributed by atoms with van der Waals surface area (Å²) in [4.78, 5) is 24.2. The fraction of sp³-hybridized carbons (Fsp3) is 0.250. The fourth-order valence-corrected chi connectivity index (χ4v) is 2.61. The standard InChI is InChI=1S/C16H17NO3S/c1-11-6-7-21-15(11)9-17-16(19)10-20-14-5-3-4-13(8-14)12(2)18/h3-8H,9-10H2,1-2H3,(H,17,19). The number of aryl methyl sites for hydroxylation is 1. The van der Waals surface area contributed by atoms with Crippen LogP contribution in [0.3, 0.4) is 0 Å². The van der Waals surface area contributed by atoms with Gasteiger partial charge < -0.3 is 10.1 Å². The van der Waals surface area contributed by atoms with E-state index in [0.717, 1.165) is 4.88 Å². The van der Waals surface area contributed by atoms with Crippen molar-refractivity contribution >= 4 is 23.0 Å². The van der Waals surface area contributed by atoms with Crippen LogP contribution in [-0.2, 0) is 11.3 Å². The highest BCUT2D eigenvalue weighted by Crippen LogP contribution is 2.15. The summed E-state index contributed by atoms with van der Waals surface area (Å²) in [6.45, 7) is 3.96. The van der Waals surface area contributed by atoms with Gasteiger partial charge in [0.05, 0.1) is 6.54 Å². The summed E-state index contributed by atoms with van der Waals surface area (Å²) < 4.78 is 5.40. The fourth-order valence-electron chi connectivity index (χ4n) is 1.77. The zero-order chi connectivity index (χ0) is 15.2. The van der Waals surface area contributed by atoms with Gasteiger partial charge in [-0.15, -0.1) is 11.3 Å². The summed E-state index contributed by atoms with van der Waals surface area (Å²) in [6.07, 6.45) is 0. The molecule has 110 valence electrons. The molecule has 2 rings (SSSR count). The summed E-state index contributed by atoms with van der Waals surface area (Å²) in [5.41, 5.74) is 1.75. The molecule has 1 heterocycles. The number of carbonyl (C=O) groups is 2. The van der Waals surface area contributed by atoms with Gasteiger partial charge in [-0.3, -0.25) is 9.59 Å². The average Bonchev–Trinajstić information content (AvgIpc) is 2.88. The lowest BCUT2D eigenvalue weighted by atomic mass is 10.1. The molecule has 0 fully saturated rings. The third-order valence-corrected chi connectivity index (χ3v) is 4.05. The molecular weight excluding hydrogens is 286 g/mol. The van der Waals surface area contributed by atoms with E-state index in [4.69, 9.17) is 4.74 Å². The molecule has 0 saturated carbocycles. The van der Waals surface area contributed by atoms with Crippen molar-refractivity contribution in [1.82, 2.24) is 5.32 Å². The molecule has 1 N–H and O–H groups in total. The predicted octanol–water partition coefficient (Wildman–Crippen LogP) is 2.95. The quantitative estimate of drug-likeness (QED) is 0.835. The second-order valence-corrected chi connectivity index (χ2v) is 5.68. The second kappa shape index (κ2) is 7.04. The second-order valence-electron chi connectivity index (χ2n) is 4.68. The number of Topliss-reactive ketones (excluding diaryl/α,β-unsaturated/α-hetero) is 1. The lowest BCUT2D eigenvalue weighted by Crippen LogP contribution is -2.28. The van der Waals surface area contributed by atoms with Crippen LogP contribution in [0.1, 0.15) is 27.7 Å². The Labute approximate surface area is 127 Å². The molecule has 4 nitrogen and oxygen atoms in total. The van der Waals surface area contributed by atoms with Gasteiger partial charge in [-0.25, -0.2) is 0 Å². The molecular formula is C16H17NO3S. The van der Waals surface area contributed by atoms with Crippen LogP contribution in [0.15, 0.2) is 35.7 Å². The molecule has 0 bridgehead atoms. The van der Waals surface area contributed by atoms with Crippen molar-refractivity contribution in [2.75, 3.05) is 6.61 Å². The number of hydrogen-bond donors (Lipinski definition) is 1. The van der Waals surface area contributed by atoms with Crippen molar-refractivity contribution in [2.45, 2.75) is 20.4 Å². The van der Waals surface area contributed by atoms with Crippen molar-refractivity contribution in [2.24, 2.45) is 0 Å². The van der Waals surface area contributed by atoms with Crippen LogP contribution in [0.2, 0.25) is 0 Å². The van der Waals surface area contributed by atoms with Crippen molar-refractivity contribution in [3.8, 4) is 5.75 Å². The van der Waals surface area contributed by atoms with E-state index in [1.54, 1.807) is 35.6 Å². The Bertz CT molecular complexity index is 648. The first kappa shape index (κ1) is 15.3. The summed E-state index contributed by atoms with van der Waals surface area (Å²) in [5, 5.41) is 4.81. The molecule has 21 heavy (non-hydrogen) atoms. The van der Waals surface area contributed by atoms with Gasteiger partial charge in [-0.05, 0) is 43.0 Å². The zero-order valence-corrected chi connectivity index (χ0v) is 12.8. The molecule has 0 aliphatic rings. The van der Waals surface area contributed by atoms with Crippen molar-refractivity contribution in [1.29, 1.82) is 0 Å². The van der Waals surface area contributed by atoms with E-state index < -0.39 is 0 Å². The number of benzene rings is 1. The lowest BCUT2D eigenvalue weighted by Gasteiger charge is -2.08. The first-order valence-corrected chi connectivity index (χ1v) is 7.47.